The van der Waals surface area contributed by atoms with E-state index in [1.807, 2.05) is 30.3 Å². The van der Waals surface area contributed by atoms with E-state index in [4.69, 9.17) is 4.74 Å². The molecule has 5 rings (SSSR count). The minimum Gasteiger partial charge on any atom is -0.508 e. The fourth-order valence-corrected chi connectivity index (χ4v) is 4.46. The van der Waals surface area contributed by atoms with E-state index in [1.165, 1.54) is 17.9 Å². The number of hydrogen-bond acceptors (Lipinski definition) is 3. The van der Waals surface area contributed by atoms with Crippen molar-refractivity contribution in [3.63, 3.8) is 0 Å². The summed E-state index contributed by atoms with van der Waals surface area (Å²) in [5, 5.41) is 13.9. The van der Waals surface area contributed by atoms with Crippen LogP contribution in [0, 0.1) is 0 Å². The maximum Gasteiger partial charge on any atom is 0.221 e. The van der Waals surface area contributed by atoms with Crippen LogP contribution in [0.1, 0.15) is 35.4 Å². The summed E-state index contributed by atoms with van der Waals surface area (Å²) in [6.45, 7) is 2.01. The summed E-state index contributed by atoms with van der Waals surface area (Å²) in [6, 6.07) is 21.6. The Bertz CT molecular complexity index is 1230. The second-order valence-corrected chi connectivity index (χ2v) is 7.71. The van der Waals surface area contributed by atoms with Crippen molar-refractivity contribution < 1.29 is 14.6 Å². The van der Waals surface area contributed by atoms with Crippen LogP contribution in [-0.2, 0) is 4.79 Å². The zero-order valence-electron chi connectivity index (χ0n) is 16.6. The van der Waals surface area contributed by atoms with Crippen molar-refractivity contribution in [3.8, 4) is 11.5 Å². The number of aromatic amines is 1. The molecule has 0 aliphatic carbocycles. The Labute approximate surface area is 174 Å². The van der Waals surface area contributed by atoms with Gasteiger partial charge in [-0.25, -0.2) is 0 Å². The monoisotopic (exact) mass is 398 g/mol. The van der Waals surface area contributed by atoms with Gasteiger partial charge in [0.1, 0.15) is 11.5 Å². The van der Waals surface area contributed by atoms with Gasteiger partial charge in [-0.05, 0) is 35.4 Å². The van der Waals surface area contributed by atoms with E-state index in [9.17, 15) is 9.90 Å². The number of para-hydroxylation sites is 1. The van der Waals surface area contributed by atoms with Gasteiger partial charge in [-0.1, -0.05) is 36.4 Å². The van der Waals surface area contributed by atoms with Crippen molar-refractivity contribution >= 4 is 22.5 Å². The van der Waals surface area contributed by atoms with Gasteiger partial charge < -0.3 is 20.1 Å². The number of amides is 1. The van der Waals surface area contributed by atoms with Crippen LogP contribution in [0.15, 0.2) is 72.9 Å². The molecule has 2 heterocycles. The SMILES string of the molecule is CC(=O)Nc1ccc(C2c3ccc(O)cc3OCC2c2c[nH]c3ccccc23)cc1. The number of phenols is 1. The van der Waals surface area contributed by atoms with Gasteiger partial charge in [0.05, 0.1) is 6.61 Å². The summed E-state index contributed by atoms with van der Waals surface area (Å²) in [6.07, 6.45) is 2.07. The molecule has 0 bridgehead atoms. The molecule has 0 saturated carbocycles. The number of anilines is 1. The lowest BCUT2D eigenvalue weighted by molar-refractivity contribution is -0.114. The first-order valence-electron chi connectivity index (χ1n) is 9.99. The number of H-pyrrole nitrogens is 1. The van der Waals surface area contributed by atoms with Crippen LogP contribution < -0.4 is 10.1 Å². The number of carbonyl (C=O) groups excluding carboxylic acids is 1. The number of benzene rings is 3. The predicted molar refractivity (Wildman–Crippen MR) is 117 cm³/mol. The molecule has 5 nitrogen and oxygen atoms in total. The van der Waals surface area contributed by atoms with Crippen molar-refractivity contribution in [3.05, 3.63) is 89.6 Å². The molecule has 5 heteroatoms. The van der Waals surface area contributed by atoms with Gasteiger partial charge in [0.25, 0.3) is 0 Å². The molecule has 0 saturated heterocycles. The molecule has 1 aromatic heterocycles. The molecule has 4 aromatic rings. The van der Waals surface area contributed by atoms with Gasteiger partial charge in [0.2, 0.25) is 5.91 Å². The van der Waals surface area contributed by atoms with E-state index in [1.54, 1.807) is 12.1 Å². The normalized spacial score (nSPS) is 17.9. The number of nitrogens with one attached hydrogen (secondary N) is 2. The smallest absolute Gasteiger partial charge is 0.221 e. The number of rotatable bonds is 3. The summed E-state index contributed by atoms with van der Waals surface area (Å²) in [4.78, 5) is 14.8. The molecule has 30 heavy (non-hydrogen) atoms. The molecule has 1 amide bonds. The molecule has 3 N–H and O–H groups in total. The van der Waals surface area contributed by atoms with E-state index in [0.29, 0.717) is 12.4 Å². The van der Waals surface area contributed by atoms with E-state index < -0.39 is 0 Å². The maximum absolute atomic E-state index is 11.4. The van der Waals surface area contributed by atoms with Crippen LogP contribution in [0.2, 0.25) is 0 Å². The zero-order valence-corrected chi connectivity index (χ0v) is 16.6. The Morgan fingerprint density at radius 1 is 1.07 bits per heavy atom. The van der Waals surface area contributed by atoms with Gasteiger partial charge in [0.15, 0.2) is 0 Å². The minimum absolute atomic E-state index is 0.0555. The lowest BCUT2D eigenvalue weighted by atomic mass is 9.76. The molecule has 0 fully saturated rings. The average molecular weight is 398 g/mol. The summed E-state index contributed by atoms with van der Waals surface area (Å²) in [5.41, 5.74) is 5.26. The van der Waals surface area contributed by atoms with Crippen molar-refractivity contribution in [2.24, 2.45) is 0 Å². The highest BCUT2D eigenvalue weighted by Crippen LogP contribution is 2.48. The van der Waals surface area contributed by atoms with Gasteiger partial charge in [0, 0.05) is 53.2 Å². The summed E-state index contributed by atoms with van der Waals surface area (Å²) in [5.74, 6) is 0.970. The van der Waals surface area contributed by atoms with Crippen molar-refractivity contribution in [2.75, 3.05) is 11.9 Å². The van der Waals surface area contributed by atoms with Crippen molar-refractivity contribution in [1.29, 1.82) is 0 Å². The summed E-state index contributed by atoms with van der Waals surface area (Å²) >= 11 is 0. The molecule has 1 aliphatic rings. The Morgan fingerprint density at radius 2 is 1.87 bits per heavy atom. The highest BCUT2D eigenvalue weighted by Gasteiger charge is 2.34. The maximum atomic E-state index is 11.4. The highest BCUT2D eigenvalue weighted by molar-refractivity contribution is 5.88. The van der Waals surface area contributed by atoms with Crippen LogP contribution in [0.25, 0.3) is 10.9 Å². The number of ether oxygens (including phenoxy) is 1. The third kappa shape index (κ3) is 3.18. The topological polar surface area (TPSA) is 74.3 Å². The van der Waals surface area contributed by atoms with Crippen LogP contribution >= 0.6 is 0 Å². The van der Waals surface area contributed by atoms with E-state index >= 15 is 0 Å². The van der Waals surface area contributed by atoms with Crippen LogP contribution in [0.3, 0.4) is 0 Å². The fourth-order valence-electron chi connectivity index (χ4n) is 4.46. The second-order valence-electron chi connectivity index (χ2n) is 7.71. The minimum atomic E-state index is -0.0914. The number of phenolic OH excluding ortho intramolecular Hbond substituents is 1. The number of carbonyl (C=O) groups is 1. The second kappa shape index (κ2) is 7.26. The Morgan fingerprint density at radius 3 is 2.67 bits per heavy atom. The first-order valence-corrected chi connectivity index (χ1v) is 9.99. The van der Waals surface area contributed by atoms with Gasteiger partial charge in [-0.15, -0.1) is 0 Å². The molecular formula is C25H22N2O3. The third-order valence-corrected chi connectivity index (χ3v) is 5.76. The number of fused-ring (bicyclic) bond motifs is 2. The summed E-state index contributed by atoms with van der Waals surface area (Å²) in [7, 11) is 0. The fraction of sp³-hybridized carbons (Fsp3) is 0.160. The van der Waals surface area contributed by atoms with Crippen LogP contribution in [0.5, 0.6) is 11.5 Å². The first kappa shape index (κ1) is 18.3. The zero-order chi connectivity index (χ0) is 20.7. The average Bonchev–Trinajstić information content (AvgIpc) is 3.17. The molecule has 2 unspecified atom stereocenters. The lowest BCUT2D eigenvalue weighted by Crippen LogP contribution is -2.25. The van der Waals surface area contributed by atoms with Crippen molar-refractivity contribution in [1.82, 2.24) is 4.98 Å². The number of hydrogen-bond donors (Lipinski definition) is 3. The molecule has 3 aromatic carbocycles. The van der Waals surface area contributed by atoms with Gasteiger partial charge in [-0.2, -0.15) is 0 Å². The first-order chi connectivity index (χ1) is 14.6. The third-order valence-electron chi connectivity index (χ3n) is 5.76. The molecule has 0 spiro atoms. The quantitative estimate of drug-likeness (QED) is 0.447. The highest BCUT2D eigenvalue weighted by atomic mass is 16.5. The van der Waals surface area contributed by atoms with Gasteiger partial charge >= 0.3 is 0 Å². The van der Waals surface area contributed by atoms with Crippen molar-refractivity contribution in [2.45, 2.75) is 18.8 Å². The number of aromatic hydroxyl groups is 1. The molecule has 1 aliphatic heterocycles. The van der Waals surface area contributed by atoms with Gasteiger partial charge in [-0.3, -0.25) is 4.79 Å². The largest absolute Gasteiger partial charge is 0.508 e. The Hall–Kier alpha value is -3.73. The molecule has 150 valence electrons. The van der Waals surface area contributed by atoms with Crippen LogP contribution in [-0.4, -0.2) is 22.6 Å². The summed E-state index contributed by atoms with van der Waals surface area (Å²) < 4.78 is 6.09. The van der Waals surface area contributed by atoms with E-state index in [0.717, 1.165) is 22.3 Å². The van der Waals surface area contributed by atoms with Crippen LogP contribution in [0.4, 0.5) is 5.69 Å². The molecular weight excluding hydrogens is 376 g/mol. The lowest BCUT2D eigenvalue weighted by Gasteiger charge is -2.34. The Balaban J connectivity index is 1.63. The predicted octanol–water partition coefficient (Wildman–Crippen LogP) is 5.14. The number of aromatic nitrogens is 1. The van der Waals surface area contributed by atoms with E-state index in [-0.39, 0.29) is 23.5 Å². The molecule has 2 atom stereocenters. The molecule has 0 radical (unpaired) electrons. The standard InChI is InChI=1S/C25H22N2O3/c1-15(28)27-17-8-6-16(7-9-17)25-20-11-10-18(29)12-24(20)30-14-22(25)21-13-26-23-5-3-2-4-19(21)23/h2-13,22,25-26,29H,14H2,1H3,(H,27,28). The Kier molecular flexibility index (Phi) is 4.43. The van der Waals surface area contributed by atoms with E-state index in [2.05, 4.69) is 40.8 Å².